The highest BCUT2D eigenvalue weighted by Gasteiger charge is 2.21. The van der Waals surface area contributed by atoms with Crippen LogP contribution in [-0.2, 0) is 7.05 Å². The van der Waals surface area contributed by atoms with Crippen LogP contribution in [0.3, 0.4) is 0 Å². The quantitative estimate of drug-likeness (QED) is 0.895. The van der Waals surface area contributed by atoms with Gasteiger partial charge in [-0.25, -0.2) is 4.79 Å². The summed E-state index contributed by atoms with van der Waals surface area (Å²) in [5.74, 6) is -1.71. The van der Waals surface area contributed by atoms with E-state index >= 15 is 0 Å². The SMILES string of the molecule is Cc1ccc(C)c(NC(=O)c2cn(C)nc2C(=O)O)c1. The van der Waals surface area contributed by atoms with Gasteiger partial charge >= 0.3 is 5.97 Å². The lowest BCUT2D eigenvalue weighted by Crippen LogP contribution is -2.16. The number of carboxylic acids is 1. The van der Waals surface area contributed by atoms with E-state index in [1.165, 1.54) is 10.9 Å². The maximum Gasteiger partial charge on any atom is 0.357 e. The van der Waals surface area contributed by atoms with E-state index in [0.717, 1.165) is 11.1 Å². The zero-order valence-electron chi connectivity index (χ0n) is 11.5. The molecule has 0 aliphatic rings. The third-order valence-electron chi connectivity index (χ3n) is 2.92. The van der Waals surface area contributed by atoms with Gasteiger partial charge in [0, 0.05) is 18.9 Å². The highest BCUT2D eigenvalue weighted by Crippen LogP contribution is 2.18. The second-order valence-corrected chi connectivity index (χ2v) is 4.64. The van der Waals surface area contributed by atoms with Crippen LogP contribution < -0.4 is 5.32 Å². The molecule has 1 aromatic heterocycles. The van der Waals surface area contributed by atoms with Gasteiger partial charge in [-0.3, -0.25) is 9.48 Å². The smallest absolute Gasteiger partial charge is 0.357 e. The fourth-order valence-corrected chi connectivity index (χ4v) is 1.87. The summed E-state index contributed by atoms with van der Waals surface area (Å²) in [6.07, 6.45) is 1.39. The van der Waals surface area contributed by atoms with Gasteiger partial charge in [-0.15, -0.1) is 0 Å². The van der Waals surface area contributed by atoms with Crippen LogP contribution in [0.5, 0.6) is 0 Å². The number of aryl methyl sites for hydroxylation is 3. The van der Waals surface area contributed by atoms with E-state index in [4.69, 9.17) is 5.11 Å². The second kappa shape index (κ2) is 5.16. The number of amides is 1. The first-order chi connectivity index (χ1) is 9.38. The average molecular weight is 273 g/mol. The van der Waals surface area contributed by atoms with Gasteiger partial charge in [-0.2, -0.15) is 5.10 Å². The molecule has 2 aromatic rings. The Bertz CT molecular complexity index is 689. The average Bonchev–Trinajstić information content (AvgIpc) is 2.76. The number of nitrogens with zero attached hydrogens (tertiary/aromatic N) is 2. The monoisotopic (exact) mass is 273 g/mol. The number of carbonyl (C=O) groups excluding carboxylic acids is 1. The molecule has 0 aliphatic carbocycles. The van der Waals surface area contributed by atoms with E-state index in [1.54, 1.807) is 7.05 Å². The van der Waals surface area contributed by atoms with Gasteiger partial charge < -0.3 is 10.4 Å². The number of aromatic carboxylic acids is 1. The van der Waals surface area contributed by atoms with E-state index in [0.29, 0.717) is 5.69 Å². The summed E-state index contributed by atoms with van der Waals surface area (Å²) in [7, 11) is 1.57. The van der Waals surface area contributed by atoms with Gasteiger partial charge in [-0.1, -0.05) is 12.1 Å². The minimum absolute atomic E-state index is 0.0425. The van der Waals surface area contributed by atoms with Crippen LogP contribution in [0.4, 0.5) is 5.69 Å². The lowest BCUT2D eigenvalue weighted by molar-refractivity contribution is 0.0685. The Morgan fingerprint density at radius 3 is 2.65 bits per heavy atom. The number of hydrogen-bond donors (Lipinski definition) is 2. The molecule has 20 heavy (non-hydrogen) atoms. The predicted molar refractivity (Wildman–Crippen MR) is 74.0 cm³/mol. The van der Waals surface area contributed by atoms with Gasteiger partial charge in [0.15, 0.2) is 5.69 Å². The molecule has 1 amide bonds. The number of nitrogens with one attached hydrogen (secondary N) is 1. The third-order valence-corrected chi connectivity index (χ3v) is 2.92. The van der Waals surface area contributed by atoms with Crippen LogP contribution >= 0.6 is 0 Å². The van der Waals surface area contributed by atoms with Gasteiger partial charge in [0.2, 0.25) is 0 Å². The van der Waals surface area contributed by atoms with Crippen LogP contribution in [0, 0.1) is 13.8 Å². The Kier molecular flexibility index (Phi) is 3.56. The molecule has 0 aliphatic heterocycles. The zero-order chi connectivity index (χ0) is 14.9. The molecule has 1 aromatic carbocycles. The van der Waals surface area contributed by atoms with Gasteiger partial charge in [0.1, 0.15) is 0 Å². The highest BCUT2D eigenvalue weighted by atomic mass is 16.4. The maximum atomic E-state index is 12.2. The van der Waals surface area contributed by atoms with Crippen LogP contribution in [0.1, 0.15) is 32.0 Å². The predicted octanol–water partition coefficient (Wildman–Crippen LogP) is 1.99. The molecular formula is C14H15N3O3. The van der Waals surface area contributed by atoms with Crippen molar-refractivity contribution in [1.82, 2.24) is 9.78 Å². The molecule has 6 nitrogen and oxygen atoms in total. The molecule has 2 rings (SSSR count). The Morgan fingerprint density at radius 1 is 1.30 bits per heavy atom. The van der Waals surface area contributed by atoms with E-state index in [-0.39, 0.29) is 11.3 Å². The van der Waals surface area contributed by atoms with E-state index < -0.39 is 11.9 Å². The summed E-state index contributed by atoms with van der Waals surface area (Å²) in [6, 6.07) is 5.67. The van der Waals surface area contributed by atoms with Crippen molar-refractivity contribution in [3.8, 4) is 0 Å². The molecule has 1 heterocycles. The molecule has 0 unspecified atom stereocenters. The molecule has 104 valence electrons. The number of rotatable bonds is 3. The van der Waals surface area contributed by atoms with Crippen LogP contribution in [0.25, 0.3) is 0 Å². The summed E-state index contributed by atoms with van der Waals surface area (Å²) in [4.78, 5) is 23.2. The van der Waals surface area contributed by atoms with Crippen LogP contribution in [-0.4, -0.2) is 26.8 Å². The molecule has 6 heteroatoms. The standard InChI is InChI=1S/C14H15N3O3/c1-8-4-5-9(2)11(6-8)15-13(18)10-7-17(3)16-12(10)14(19)20/h4-7H,1-3H3,(H,15,18)(H,19,20). The van der Waals surface area contributed by atoms with Crippen molar-refractivity contribution >= 4 is 17.6 Å². The molecule has 0 atom stereocenters. The van der Waals surface area contributed by atoms with Crippen molar-refractivity contribution in [2.24, 2.45) is 7.05 Å². The minimum atomic E-state index is -1.23. The van der Waals surface area contributed by atoms with Gasteiger partial charge in [0.05, 0.1) is 5.56 Å². The topological polar surface area (TPSA) is 84.2 Å². The van der Waals surface area contributed by atoms with E-state index in [1.807, 2.05) is 32.0 Å². The number of aromatic nitrogens is 2. The number of anilines is 1. The molecule has 0 saturated carbocycles. The number of carbonyl (C=O) groups is 2. The van der Waals surface area contributed by atoms with Crippen molar-refractivity contribution < 1.29 is 14.7 Å². The lowest BCUT2D eigenvalue weighted by atomic mass is 10.1. The molecule has 0 bridgehead atoms. The van der Waals surface area contributed by atoms with Crippen molar-refractivity contribution in [3.63, 3.8) is 0 Å². The van der Waals surface area contributed by atoms with Crippen molar-refractivity contribution in [3.05, 3.63) is 46.8 Å². The summed E-state index contributed by atoms with van der Waals surface area (Å²) in [5.41, 5.74) is 2.37. The van der Waals surface area contributed by atoms with E-state index in [9.17, 15) is 9.59 Å². The van der Waals surface area contributed by atoms with Gasteiger partial charge in [0.25, 0.3) is 5.91 Å². The minimum Gasteiger partial charge on any atom is -0.476 e. The normalized spacial score (nSPS) is 10.3. The Labute approximate surface area is 116 Å². The highest BCUT2D eigenvalue weighted by molar-refractivity contribution is 6.10. The molecular weight excluding hydrogens is 258 g/mol. The second-order valence-electron chi connectivity index (χ2n) is 4.64. The van der Waals surface area contributed by atoms with E-state index in [2.05, 4.69) is 10.4 Å². The molecule has 2 N–H and O–H groups in total. The van der Waals surface area contributed by atoms with Crippen LogP contribution in [0.15, 0.2) is 24.4 Å². The molecule has 0 saturated heterocycles. The fraction of sp³-hybridized carbons (Fsp3) is 0.214. The third kappa shape index (κ3) is 2.69. The van der Waals surface area contributed by atoms with Crippen molar-refractivity contribution in [1.29, 1.82) is 0 Å². The number of hydrogen-bond acceptors (Lipinski definition) is 3. The lowest BCUT2D eigenvalue weighted by Gasteiger charge is -2.08. The fourth-order valence-electron chi connectivity index (χ4n) is 1.87. The molecule has 0 fully saturated rings. The zero-order valence-corrected chi connectivity index (χ0v) is 11.5. The Hall–Kier alpha value is -2.63. The molecule has 0 spiro atoms. The summed E-state index contributed by atoms with van der Waals surface area (Å²) >= 11 is 0. The van der Waals surface area contributed by atoms with Crippen molar-refractivity contribution in [2.45, 2.75) is 13.8 Å². The largest absolute Gasteiger partial charge is 0.476 e. The van der Waals surface area contributed by atoms with Crippen molar-refractivity contribution in [2.75, 3.05) is 5.32 Å². The summed E-state index contributed by atoms with van der Waals surface area (Å²) in [5, 5.41) is 15.5. The summed E-state index contributed by atoms with van der Waals surface area (Å²) in [6.45, 7) is 3.79. The summed E-state index contributed by atoms with van der Waals surface area (Å²) < 4.78 is 1.31. The van der Waals surface area contributed by atoms with Gasteiger partial charge in [-0.05, 0) is 31.0 Å². The molecule has 0 radical (unpaired) electrons. The Morgan fingerprint density at radius 2 is 2.00 bits per heavy atom. The number of benzene rings is 1. The maximum absolute atomic E-state index is 12.2. The Balaban J connectivity index is 2.33. The first-order valence-corrected chi connectivity index (χ1v) is 6.04. The number of carboxylic acid groups (broad SMARTS) is 1. The first-order valence-electron chi connectivity index (χ1n) is 6.04. The van der Waals surface area contributed by atoms with Crippen LogP contribution in [0.2, 0.25) is 0 Å². The first kappa shape index (κ1) is 13.8.